The van der Waals surface area contributed by atoms with E-state index in [0.717, 1.165) is 6.04 Å². The zero-order chi connectivity index (χ0) is 19.1. The highest BCUT2D eigenvalue weighted by Gasteiger charge is 2.08. The van der Waals surface area contributed by atoms with Gasteiger partial charge in [0, 0.05) is 11.8 Å². The molecule has 26 heavy (non-hydrogen) atoms. The van der Waals surface area contributed by atoms with Gasteiger partial charge in [-0.1, -0.05) is 135 Å². The van der Waals surface area contributed by atoms with Crippen molar-refractivity contribution in [3.05, 3.63) is 0 Å². The first-order valence-corrected chi connectivity index (χ1v) is 13.2. The summed E-state index contributed by atoms with van der Waals surface area (Å²) in [6, 6.07) is 0.757. The van der Waals surface area contributed by atoms with E-state index >= 15 is 0 Å². The number of hydrogen-bond donors (Lipinski definition) is 1. The lowest BCUT2D eigenvalue weighted by atomic mass is 10.0. The summed E-state index contributed by atoms with van der Waals surface area (Å²) >= 11 is 2.02. The van der Waals surface area contributed by atoms with Crippen LogP contribution in [0.4, 0.5) is 0 Å². The van der Waals surface area contributed by atoms with Crippen LogP contribution in [0.5, 0.6) is 0 Å². The SMILES string of the molecule is CCCCCCCCSNC(CCCCCCC)CCCCCCCC. The van der Waals surface area contributed by atoms with Gasteiger partial charge in [-0.2, -0.15) is 0 Å². The van der Waals surface area contributed by atoms with Crippen molar-refractivity contribution in [2.45, 2.75) is 149 Å². The van der Waals surface area contributed by atoms with Crippen LogP contribution >= 0.6 is 11.9 Å². The van der Waals surface area contributed by atoms with E-state index < -0.39 is 0 Å². The molecule has 1 unspecified atom stereocenters. The molecule has 1 nitrogen and oxygen atoms in total. The molecule has 0 aromatic carbocycles. The summed E-state index contributed by atoms with van der Waals surface area (Å²) in [5, 5.41) is 0. The van der Waals surface area contributed by atoms with Crippen molar-refractivity contribution in [2.75, 3.05) is 5.75 Å². The van der Waals surface area contributed by atoms with Crippen LogP contribution in [0.2, 0.25) is 0 Å². The molecule has 0 aliphatic carbocycles. The van der Waals surface area contributed by atoms with Crippen molar-refractivity contribution in [2.24, 2.45) is 0 Å². The summed E-state index contributed by atoms with van der Waals surface area (Å²) in [7, 11) is 0. The molecule has 158 valence electrons. The molecular weight excluding hydrogens is 334 g/mol. The fourth-order valence-corrected chi connectivity index (χ4v) is 4.50. The van der Waals surface area contributed by atoms with E-state index in [1.54, 1.807) is 0 Å². The molecule has 0 amide bonds. The van der Waals surface area contributed by atoms with Gasteiger partial charge in [-0.3, -0.25) is 4.72 Å². The van der Waals surface area contributed by atoms with Crippen LogP contribution in [0.1, 0.15) is 143 Å². The maximum Gasteiger partial charge on any atom is 0.0171 e. The van der Waals surface area contributed by atoms with E-state index in [2.05, 4.69) is 25.5 Å². The molecule has 0 heterocycles. The van der Waals surface area contributed by atoms with E-state index in [4.69, 9.17) is 0 Å². The topological polar surface area (TPSA) is 12.0 Å². The molecule has 0 saturated heterocycles. The third-order valence-electron chi connectivity index (χ3n) is 5.41. The van der Waals surface area contributed by atoms with Gasteiger partial charge < -0.3 is 0 Å². The molecule has 0 aromatic rings. The van der Waals surface area contributed by atoms with Gasteiger partial charge in [-0.05, 0) is 19.3 Å². The van der Waals surface area contributed by atoms with Crippen molar-refractivity contribution in [3.63, 3.8) is 0 Å². The van der Waals surface area contributed by atoms with E-state index in [9.17, 15) is 0 Å². The lowest BCUT2D eigenvalue weighted by molar-refractivity contribution is 0.467. The summed E-state index contributed by atoms with van der Waals surface area (Å²) in [6.45, 7) is 6.91. The Bertz CT molecular complexity index is 244. The van der Waals surface area contributed by atoms with E-state index in [0.29, 0.717) is 0 Å². The maximum absolute atomic E-state index is 3.83. The molecule has 1 atom stereocenters. The first kappa shape index (κ1) is 26.3. The second kappa shape index (κ2) is 23.3. The molecule has 0 aliphatic rings. The maximum atomic E-state index is 3.83. The lowest BCUT2D eigenvalue weighted by Gasteiger charge is -2.18. The Labute approximate surface area is 171 Å². The third kappa shape index (κ3) is 20.6. The summed E-state index contributed by atoms with van der Waals surface area (Å²) < 4.78 is 3.83. The van der Waals surface area contributed by atoms with E-state index in [1.807, 2.05) is 11.9 Å². The molecule has 2 heteroatoms. The summed E-state index contributed by atoms with van der Waals surface area (Å²) in [4.78, 5) is 0. The highest BCUT2D eigenvalue weighted by molar-refractivity contribution is 7.97. The fourth-order valence-electron chi connectivity index (χ4n) is 3.56. The van der Waals surface area contributed by atoms with Crippen molar-refractivity contribution in [1.29, 1.82) is 0 Å². The first-order chi connectivity index (χ1) is 12.8. The lowest BCUT2D eigenvalue weighted by Crippen LogP contribution is -2.23. The van der Waals surface area contributed by atoms with E-state index in [-0.39, 0.29) is 0 Å². The Kier molecular flexibility index (Phi) is 23.6. The smallest absolute Gasteiger partial charge is 0.0171 e. The predicted molar refractivity (Wildman–Crippen MR) is 124 cm³/mol. The van der Waals surface area contributed by atoms with Crippen molar-refractivity contribution in [1.82, 2.24) is 4.72 Å². The fraction of sp³-hybridized carbons (Fsp3) is 1.00. The Morgan fingerprint density at radius 2 is 0.885 bits per heavy atom. The van der Waals surface area contributed by atoms with Crippen LogP contribution in [-0.2, 0) is 0 Å². The zero-order valence-electron chi connectivity index (χ0n) is 18.6. The minimum atomic E-state index is 0.757. The van der Waals surface area contributed by atoms with Gasteiger partial charge in [0.15, 0.2) is 0 Å². The monoisotopic (exact) mass is 385 g/mol. The molecular formula is C24H51NS. The minimum absolute atomic E-state index is 0.757. The van der Waals surface area contributed by atoms with Crippen LogP contribution in [0.25, 0.3) is 0 Å². The molecule has 0 aliphatic heterocycles. The normalized spacial score (nSPS) is 12.6. The Morgan fingerprint density at radius 3 is 1.35 bits per heavy atom. The molecule has 0 aromatic heterocycles. The van der Waals surface area contributed by atoms with Gasteiger partial charge in [0.05, 0.1) is 0 Å². The average Bonchev–Trinajstić information content (AvgIpc) is 2.65. The summed E-state index contributed by atoms with van der Waals surface area (Å²) in [5.74, 6) is 1.30. The summed E-state index contributed by atoms with van der Waals surface area (Å²) in [6.07, 6.45) is 26.9. The molecule has 0 radical (unpaired) electrons. The number of nitrogens with one attached hydrogen (secondary N) is 1. The number of rotatable bonds is 22. The number of hydrogen-bond acceptors (Lipinski definition) is 2. The van der Waals surface area contributed by atoms with Crippen molar-refractivity contribution < 1.29 is 0 Å². The van der Waals surface area contributed by atoms with Crippen LogP contribution in [0.15, 0.2) is 0 Å². The molecule has 0 saturated carbocycles. The largest absolute Gasteiger partial charge is 0.261 e. The average molecular weight is 386 g/mol. The van der Waals surface area contributed by atoms with Crippen LogP contribution in [0.3, 0.4) is 0 Å². The Balaban J connectivity index is 3.74. The van der Waals surface area contributed by atoms with Crippen molar-refractivity contribution >= 4 is 11.9 Å². The summed E-state index contributed by atoms with van der Waals surface area (Å²) in [5.41, 5.74) is 0. The quantitative estimate of drug-likeness (QED) is 0.147. The van der Waals surface area contributed by atoms with Crippen LogP contribution in [0, 0.1) is 0 Å². The highest BCUT2D eigenvalue weighted by Crippen LogP contribution is 2.16. The van der Waals surface area contributed by atoms with Gasteiger partial charge >= 0.3 is 0 Å². The first-order valence-electron chi connectivity index (χ1n) is 12.2. The molecule has 1 N–H and O–H groups in total. The van der Waals surface area contributed by atoms with Crippen LogP contribution < -0.4 is 4.72 Å². The van der Waals surface area contributed by atoms with Gasteiger partial charge in [0.1, 0.15) is 0 Å². The second-order valence-electron chi connectivity index (χ2n) is 8.19. The predicted octanol–water partition coefficient (Wildman–Crippen LogP) is 9.06. The van der Waals surface area contributed by atoms with E-state index in [1.165, 1.54) is 128 Å². The third-order valence-corrected chi connectivity index (χ3v) is 6.41. The Hall–Kier alpha value is 0.310. The Morgan fingerprint density at radius 1 is 0.500 bits per heavy atom. The standard InChI is InChI=1S/C24H51NS/c1-4-7-10-13-16-19-22-24(21-18-15-12-9-6-3)25-26-23-20-17-14-11-8-5-2/h24-25H,4-23H2,1-3H3. The molecule has 0 fully saturated rings. The second-order valence-corrected chi connectivity index (χ2v) is 9.12. The molecule has 0 bridgehead atoms. The van der Waals surface area contributed by atoms with Crippen LogP contribution in [-0.4, -0.2) is 11.8 Å². The highest BCUT2D eigenvalue weighted by atomic mass is 32.2. The zero-order valence-corrected chi connectivity index (χ0v) is 19.4. The molecule has 0 spiro atoms. The van der Waals surface area contributed by atoms with Gasteiger partial charge in [0.2, 0.25) is 0 Å². The van der Waals surface area contributed by atoms with Gasteiger partial charge in [-0.25, -0.2) is 0 Å². The van der Waals surface area contributed by atoms with Gasteiger partial charge in [0.25, 0.3) is 0 Å². The van der Waals surface area contributed by atoms with Gasteiger partial charge in [-0.15, -0.1) is 0 Å². The molecule has 0 rings (SSSR count). The number of unbranched alkanes of at least 4 members (excludes halogenated alkanes) is 14. The minimum Gasteiger partial charge on any atom is -0.261 e. The van der Waals surface area contributed by atoms with Crippen molar-refractivity contribution in [3.8, 4) is 0 Å².